The van der Waals surface area contributed by atoms with Gasteiger partial charge in [0, 0.05) is 24.6 Å². The van der Waals surface area contributed by atoms with Gasteiger partial charge in [0.2, 0.25) is 0 Å². The predicted octanol–water partition coefficient (Wildman–Crippen LogP) is 3.20. The van der Waals surface area contributed by atoms with Gasteiger partial charge in [0.15, 0.2) is 0 Å². The summed E-state index contributed by atoms with van der Waals surface area (Å²) in [5.41, 5.74) is 9.56. The zero-order chi connectivity index (χ0) is 14.1. The van der Waals surface area contributed by atoms with Gasteiger partial charge in [-0.15, -0.1) is 0 Å². The quantitative estimate of drug-likeness (QED) is 0.791. The van der Waals surface area contributed by atoms with Crippen molar-refractivity contribution in [1.82, 2.24) is 9.55 Å². The van der Waals surface area contributed by atoms with Crippen molar-refractivity contribution in [3.63, 3.8) is 0 Å². The highest BCUT2D eigenvalue weighted by molar-refractivity contribution is 5.75. The molecule has 0 bridgehead atoms. The summed E-state index contributed by atoms with van der Waals surface area (Å²) < 4.78 is 7.56. The topological polar surface area (TPSA) is 57.0 Å². The van der Waals surface area contributed by atoms with E-state index in [1.165, 1.54) is 5.52 Å². The molecule has 0 aliphatic rings. The maximum atomic E-state index is 6.30. The highest BCUT2D eigenvalue weighted by atomic mass is 16.3. The number of rotatable bonds is 4. The Balaban J connectivity index is 1.96. The Morgan fingerprint density at radius 3 is 2.80 bits per heavy atom. The molecule has 104 valence electrons. The Morgan fingerprint density at radius 2 is 2.10 bits per heavy atom. The number of furan rings is 1. The summed E-state index contributed by atoms with van der Waals surface area (Å²) in [5, 5.41) is 0. The first-order valence-corrected chi connectivity index (χ1v) is 6.94. The fraction of sp³-hybridized carbons (Fsp3) is 0.312. The summed E-state index contributed by atoms with van der Waals surface area (Å²) in [7, 11) is 0. The van der Waals surface area contributed by atoms with Gasteiger partial charge in [-0.25, -0.2) is 4.98 Å². The normalized spacial score (nSPS) is 12.9. The minimum Gasteiger partial charge on any atom is -0.469 e. The summed E-state index contributed by atoms with van der Waals surface area (Å²) in [6.07, 6.45) is 2.40. The summed E-state index contributed by atoms with van der Waals surface area (Å²) in [6.45, 7) is 4.97. The molecule has 2 aromatic heterocycles. The smallest absolute Gasteiger partial charge is 0.111 e. The van der Waals surface area contributed by atoms with Crippen LogP contribution in [0.3, 0.4) is 0 Å². The molecule has 1 atom stereocenters. The van der Waals surface area contributed by atoms with E-state index in [2.05, 4.69) is 17.6 Å². The average molecular weight is 269 g/mol. The van der Waals surface area contributed by atoms with Crippen molar-refractivity contribution < 1.29 is 4.42 Å². The summed E-state index contributed by atoms with van der Waals surface area (Å²) in [6, 6.07) is 10.1. The maximum absolute atomic E-state index is 6.30. The largest absolute Gasteiger partial charge is 0.469 e. The zero-order valence-electron chi connectivity index (χ0n) is 11.8. The van der Waals surface area contributed by atoms with Crippen LogP contribution in [0.25, 0.3) is 11.0 Å². The van der Waals surface area contributed by atoms with E-state index in [1.54, 1.807) is 6.26 Å². The molecule has 0 saturated heterocycles. The number of para-hydroxylation sites is 2. The second kappa shape index (κ2) is 5.13. The predicted molar refractivity (Wildman–Crippen MR) is 79.5 cm³/mol. The van der Waals surface area contributed by atoms with E-state index in [4.69, 9.17) is 15.1 Å². The van der Waals surface area contributed by atoms with Gasteiger partial charge in [0.05, 0.1) is 17.3 Å². The number of aromatic nitrogens is 2. The number of nitrogens with two attached hydrogens (primary N) is 1. The van der Waals surface area contributed by atoms with Crippen LogP contribution < -0.4 is 5.73 Å². The molecule has 3 aromatic rings. The number of benzene rings is 1. The van der Waals surface area contributed by atoms with Crippen molar-refractivity contribution in [3.8, 4) is 0 Å². The van der Waals surface area contributed by atoms with Crippen LogP contribution in [0.15, 0.2) is 41.0 Å². The van der Waals surface area contributed by atoms with Gasteiger partial charge in [-0.3, -0.25) is 0 Å². The molecule has 0 aliphatic carbocycles. The molecule has 0 aliphatic heterocycles. The van der Waals surface area contributed by atoms with Crippen molar-refractivity contribution in [2.45, 2.75) is 32.9 Å². The molecule has 0 radical (unpaired) electrons. The third-order valence-corrected chi connectivity index (χ3v) is 3.75. The summed E-state index contributed by atoms with van der Waals surface area (Å²) >= 11 is 0. The summed E-state index contributed by atoms with van der Waals surface area (Å²) in [5.74, 6) is 1.92. The fourth-order valence-electron chi connectivity index (χ4n) is 2.72. The van der Waals surface area contributed by atoms with E-state index in [1.807, 2.05) is 31.2 Å². The monoisotopic (exact) mass is 269 g/mol. The first kappa shape index (κ1) is 12.9. The van der Waals surface area contributed by atoms with E-state index in [-0.39, 0.29) is 6.04 Å². The first-order valence-electron chi connectivity index (χ1n) is 6.94. The number of nitrogens with zero attached hydrogens (tertiary/aromatic N) is 2. The van der Waals surface area contributed by atoms with Crippen molar-refractivity contribution in [2.75, 3.05) is 0 Å². The molecule has 4 heteroatoms. The molecular formula is C16H19N3O. The molecule has 2 N–H and O–H groups in total. The van der Waals surface area contributed by atoms with Gasteiger partial charge in [0.25, 0.3) is 0 Å². The standard InChI is InChI=1S/C16H19N3O/c1-3-19-15-7-5-4-6-14(15)18-16(19)10-13(17)12-8-9-20-11(12)2/h4-9,13H,3,10,17H2,1-2H3. The van der Waals surface area contributed by atoms with Gasteiger partial charge < -0.3 is 14.7 Å². The third-order valence-electron chi connectivity index (χ3n) is 3.75. The SMILES string of the molecule is CCn1c(CC(N)c2ccoc2C)nc2ccccc21. The number of fused-ring (bicyclic) bond motifs is 1. The van der Waals surface area contributed by atoms with Crippen LogP contribution in [0.1, 0.15) is 30.1 Å². The summed E-state index contributed by atoms with van der Waals surface area (Å²) in [4.78, 5) is 4.72. The van der Waals surface area contributed by atoms with Gasteiger partial charge in [-0.2, -0.15) is 0 Å². The Hall–Kier alpha value is -2.07. The highest BCUT2D eigenvalue weighted by Crippen LogP contribution is 2.23. The lowest BCUT2D eigenvalue weighted by atomic mass is 10.1. The number of hydrogen-bond acceptors (Lipinski definition) is 3. The van der Waals surface area contributed by atoms with E-state index in [9.17, 15) is 0 Å². The van der Waals surface area contributed by atoms with E-state index in [0.29, 0.717) is 6.42 Å². The molecule has 2 heterocycles. The van der Waals surface area contributed by atoms with Gasteiger partial charge >= 0.3 is 0 Å². The molecule has 1 aromatic carbocycles. The van der Waals surface area contributed by atoms with Crippen LogP contribution >= 0.6 is 0 Å². The molecule has 4 nitrogen and oxygen atoms in total. The number of imidazole rings is 1. The van der Waals surface area contributed by atoms with Crippen LogP contribution in [0, 0.1) is 6.92 Å². The molecular weight excluding hydrogens is 250 g/mol. The Morgan fingerprint density at radius 1 is 1.30 bits per heavy atom. The molecule has 0 fully saturated rings. The van der Waals surface area contributed by atoms with Crippen LogP contribution in [0.5, 0.6) is 0 Å². The Labute approximate surface area is 118 Å². The van der Waals surface area contributed by atoms with Crippen molar-refractivity contribution in [2.24, 2.45) is 5.73 Å². The van der Waals surface area contributed by atoms with Crippen molar-refractivity contribution in [3.05, 3.63) is 53.7 Å². The lowest BCUT2D eigenvalue weighted by Gasteiger charge is -2.12. The average Bonchev–Trinajstić information content (AvgIpc) is 3.01. The van der Waals surface area contributed by atoms with Crippen LogP contribution in [-0.4, -0.2) is 9.55 Å². The van der Waals surface area contributed by atoms with Gasteiger partial charge in [-0.1, -0.05) is 12.1 Å². The Bertz CT molecular complexity index is 726. The van der Waals surface area contributed by atoms with Crippen LogP contribution in [0.2, 0.25) is 0 Å². The van der Waals surface area contributed by atoms with Crippen molar-refractivity contribution >= 4 is 11.0 Å². The second-order valence-electron chi connectivity index (χ2n) is 5.00. The van der Waals surface area contributed by atoms with Crippen LogP contribution in [0.4, 0.5) is 0 Å². The second-order valence-corrected chi connectivity index (χ2v) is 5.00. The highest BCUT2D eigenvalue weighted by Gasteiger charge is 2.16. The molecule has 0 amide bonds. The molecule has 3 rings (SSSR count). The number of aryl methyl sites for hydroxylation is 2. The lowest BCUT2D eigenvalue weighted by molar-refractivity contribution is 0.522. The zero-order valence-corrected chi connectivity index (χ0v) is 11.8. The van der Waals surface area contributed by atoms with E-state index in [0.717, 1.165) is 29.2 Å². The maximum Gasteiger partial charge on any atom is 0.111 e. The van der Waals surface area contributed by atoms with Crippen molar-refractivity contribution in [1.29, 1.82) is 0 Å². The van der Waals surface area contributed by atoms with Crippen LogP contribution in [-0.2, 0) is 13.0 Å². The number of hydrogen-bond donors (Lipinski definition) is 1. The van der Waals surface area contributed by atoms with Gasteiger partial charge in [0.1, 0.15) is 11.6 Å². The molecule has 1 unspecified atom stereocenters. The Kier molecular flexibility index (Phi) is 3.32. The molecule has 0 spiro atoms. The van der Waals surface area contributed by atoms with E-state index < -0.39 is 0 Å². The first-order chi connectivity index (χ1) is 9.70. The minimum atomic E-state index is -0.0872. The fourth-order valence-corrected chi connectivity index (χ4v) is 2.72. The third kappa shape index (κ3) is 2.12. The van der Waals surface area contributed by atoms with E-state index >= 15 is 0 Å². The minimum absolute atomic E-state index is 0.0872. The molecule has 0 saturated carbocycles. The van der Waals surface area contributed by atoms with Gasteiger partial charge in [-0.05, 0) is 32.0 Å². The molecule has 20 heavy (non-hydrogen) atoms. The lowest BCUT2D eigenvalue weighted by Crippen LogP contribution is -2.16.